The Morgan fingerprint density at radius 3 is 2.56 bits per heavy atom. The summed E-state index contributed by atoms with van der Waals surface area (Å²) in [5.41, 5.74) is 4.98. The van der Waals surface area contributed by atoms with Gasteiger partial charge in [-0.1, -0.05) is 12.5 Å². The highest BCUT2D eigenvalue weighted by Crippen LogP contribution is 2.47. The van der Waals surface area contributed by atoms with Crippen molar-refractivity contribution in [3.8, 4) is 6.07 Å². The van der Waals surface area contributed by atoms with Crippen LogP contribution in [-0.4, -0.2) is 69.3 Å². The largest absolute Gasteiger partial charge is 0.393 e. The highest BCUT2D eigenvalue weighted by molar-refractivity contribution is 7.18. The lowest BCUT2D eigenvalue weighted by molar-refractivity contribution is -0.126. The smallest absolute Gasteiger partial charge is 0.367 e. The summed E-state index contributed by atoms with van der Waals surface area (Å²) >= 11 is 1.08. The van der Waals surface area contributed by atoms with Crippen molar-refractivity contribution in [1.82, 2.24) is 24.3 Å². The molecule has 0 radical (unpaired) electrons. The molecule has 45 heavy (non-hydrogen) atoms. The Morgan fingerprint density at radius 2 is 1.82 bits per heavy atom. The van der Waals surface area contributed by atoms with Crippen LogP contribution in [0, 0.1) is 23.7 Å². The monoisotopic (exact) mass is 635 g/mol. The Morgan fingerprint density at radius 1 is 1.02 bits per heavy atom. The molecule has 1 aliphatic carbocycles. The number of alkyl halides is 3. The van der Waals surface area contributed by atoms with E-state index in [0.717, 1.165) is 68.1 Å². The molecule has 1 spiro atoms. The molecule has 0 unspecified atom stereocenters. The minimum absolute atomic E-state index is 0.195. The van der Waals surface area contributed by atoms with Gasteiger partial charge in [0.25, 0.3) is 0 Å². The highest BCUT2D eigenvalue weighted by atomic mass is 32.1. The number of nitrogens with zero attached hydrogens (tertiary/aromatic N) is 6. The number of likely N-dealkylation sites (tertiary alicyclic amines) is 2. The average molecular weight is 636 g/mol. The number of fused-ring (bicyclic) bond motifs is 2. The third-order valence-corrected chi connectivity index (χ3v) is 11.5. The summed E-state index contributed by atoms with van der Waals surface area (Å²) in [5, 5.41) is 15.3. The minimum Gasteiger partial charge on any atom is -0.367 e. The molecule has 0 bridgehead atoms. The van der Waals surface area contributed by atoms with E-state index < -0.39 is 12.6 Å². The normalized spacial score (nSPS) is 19.7. The maximum atomic E-state index is 12.9. The topological polar surface area (TPSA) is 73.0 Å². The molecule has 238 valence electrons. The van der Waals surface area contributed by atoms with Crippen molar-refractivity contribution in [3.05, 3.63) is 52.3 Å². The summed E-state index contributed by atoms with van der Waals surface area (Å²) in [4.78, 5) is 14.5. The van der Waals surface area contributed by atoms with Crippen LogP contribution in [0.15, 0.2) is 30.6 Å². The van der Waals surface area contributed by atoms with Gasteiger partial charge in [-0.3, -0.25) is 4.90 Å². The maximum absolute atomic E-state index is 12.9. The highest BCUT2D eigenvalue weighted by Gasteiger charge is 2.40. The summed E-state index contributed by atoms with van der Waals surface area (Å²) in [6.45, 7) is 9.06. The van der Waals surface area contributed by atoms with Crippen LogP contribution in [0.4, 0.5) is 19.0 Å². The van der Waals surface area contributed by atoms with Crippen LogP contribution in [0.1, 0.15) is 66.6 Å². The summed E-state index contributed by atoms with van der Waals surface area (Å²) in [5.74, 6) is 0.616. The lowest BCUT2D eigenvalue weighted by atomic mass is 9.64. The first-order chi connectivity index (χ1) is 21.7. The molecular formula is C34H40F3N7S. The predicted molar refractivity (Wildman–Crippen MR) is 172 cm³/mol. The van der Waals surface area contributed by atoms with Crippen molar-refractivity contribution >= 4 is 38.3 Å². The minimum atomic E-state index is -4.24. The zero-order valence-corrected chi connectivity index (χ0v) is 26.6. The summed E-state index contributed by atoms with van der Waals surface area (Å²) in [6, 6.07) is 10.7. The molecule has 0 atom stereocenters. The van der Waals surface area contributed by atoms with Crippen molar-refractivity contribution in [2.75, 3.05) is 38.0 Å². The second kappa shape index (κ2) is 12.2. The molecular weight excluding hydrogens is 595 g/mol. The number of nitrogens with one attached hydrogen (secondary N) is 1. The second-order valence-electron chi connectivity index (χ2n) is 13.4. The quantitative estimate of drug-likeness (QED) is 0.220. The van der Waals surface area contributed by atoms with Gasteiger partial charge in [0.2, 0.25) is 0 Å². The van der Waals surface area contributed by atoms with E-state index in [2.05, 4.69) is 60.8 Å². The molecule has 1 aromatic carbocycles. The molecule has 1 N–H and O–H groups in total. The van der Waals surface area contributed by atoms with Crippen LogP contribution in [0.2, 0.25) is 0 Å². The fourth-order valence-electron chi connectivity index (χ4n) is 7.83. The number of piperidine rings is 2. The number of aromatic nitrogens is 3. The number of rotatable bonds is 8. The Hall–Kier alpha value is -3.20. The van der Waals surface area contributed by atoms with E-state index >= 15 is 0 Å². The van der Waals surface area contributed by atoms with Crippen molar-refractivity contribution < 1.29 is 13.2 Å². The lowest BCUT2D eigenvalue weighted by Gasteiger charge is -2.49. The number of nitriles is 1. The van der Waals surface area contributed by atoms with Crippen LogP contribution in [0.5, 0.6) is 0 Å². The molecule has 2 aliphatic heterocycles. The Kier molecular flexibility index (Phi) is 8.25. The van der Waals surface area contributed by atoms with Gasteiger partial charge in [0.15, 0.2) is 0 Å². The molecule has 4 aromatic rings. The Bertz CT molecular complexity index is 1720. The molecule has 11 heteroatoms. The summed E-state index contributed by atoms with van der Waals surface area (Å²) in [6.07, 6.45) is 4.88. The molecule has 3 aromatic heterocycles. The van der Waals surface area contributed by atoms with Gasteiger partial charge < -0.3 is 14.8 Å². The number of aryl methyl sites for hydroxylation is 1. The molecule has 0 amide bonds. The van der Waals surface area contributed by atoms with E-state index in [1.54, 1.807) is 6.07 Å². The van der Waals surface area contributed by atoms with Gasteiger partial charge in [-0.05, 0) is 86.7 Å². The van der Waals surface area contributed by atoms with Crippen LogP contribution in [-0.2, 0) is 19.5 Å². The van der Waals surface area contributed by atoms with E-state index in [1.165, 1.54) is 68.0 Å². The molecule has 1 saturated carbocycles. The third kappa shape index (κ3) is 6.42. The SMILES string of the molecule is Cc1c(CN2CCC(Nc3ncnc4sc(CC(F)(F)F)cc34)CC2)ccc2c1cc(C#N)n2CCN1CCCC2(CCC2)C1. The Labute approximate surface area is 266 Å². The van der Waals surface area contributed by atoms with E-state index in [-0.39, 0.29) is 10.9 Å². The average Bonchev–Trinajstić information content (AvgIpc) is 3.58. The van der Waals surface area contributed by atoms with Gasteiger partial charge in [-0.15, -0.1) is 11.3 Å². The zero-order valence-electron chi connectivity index (χ0n) is 25.8. The van der Waals surface area contributed by atoms with Gasteiger partial charge >= 0.3 is 6.18 Å². The first kappa shape index (κ1) is 30.5. The number of hydrogen-bond acceptors (Lipinski definition) is 7. The van der Waals surface area contributed by atoms with Crippen molar-refractivity contribution in [1.29, 1.82) is 5.26 Å². The number of hydrogen-bond donors (Lipinski definition) is 1. The van der Waals surface area contributed by atoms with Crippen molar-refractivity contribution in [3.63, 3.8) is 0 Å². The first-order valence-electron chi connectivity index (χ1n) is 16.2. The van der Waals surface area contributed by atoms with Crippen molar-refractivity contribution in [2.45, 2.75) is 83.6 Å². The second-order valence-corrected chi connectivity index (χ2v) is 14.6. The van der Waals surface area contributed by atoms with Gasteiger partial charge in [-0.2, -0.15) is 18.4 Å². The molecule has 5 heterocycles. The number of halogens is 3. The molecule has 2 saturated heterocycles. The number of benzene rings is 1. The maximum Gasteiger partial charge on any atom is 0.393 e. The number of anilines is 1. The van der Waals surface area contributed by atoms with Crippen LogP contribution < -0.4 is 5.32 Å². The van der Waals surface area contributed by atoms with Crippen molar-refractivity contribution in [2.24, 2.45) is 5.41 Å². The van der Waals surface area contributed by atoms with Gasteiger partial charge in [-0.25, -0.2) is 9.97 Å². The summed E-state index contributed by atoms with van der Waals surface area (Å²) < 4.78 is 41.0. The van der Waals surface area contributed by atoms with Crippen LogP contribution >= 0.6 is 11.3 Å². The predicted octanol–water partition coefficient (Wildman–Crippen LogP) is 7.27. The van der Waals surface area contributed by atoms with E-state index in [9.17, 15) is 18.4 Å². The van der Waals surface area contributed by atoms with Crippen LogP contribution in [0.25, 0.3) is 21.1 Å². The number of thiophene rings is 1. The van der Waals surface area contributed by atoms with Gasteiger partial charge in [0.05, 0.1) is 11.8 Å². The molecule has 7 rings (SSSR count). The van der Waals surface area contributed by atoms with Gasteiger partial charge in [0.1, 0.15) is 28.7 Å². The molecule has 3 aliphatic rings. The summed E-state index contributed by atoms with van der Waals surface area (Å²) in [7, 11) is 0. The first-order valence-corrected chi connectivity index (χ1v) is 17.0. The third-order valence-electron chi connectivity index (χ3n) is 10.5. The zero-order chi connectivity index (χ0) is 31.2. The van der Waals surface area contributed by atoms with E-state index in [1.807, 2.05) is 0 Å². The molecule has 3 fully saturated rings. The molecule has 7 nitrogen and oxygen atoms in total. The van der Waals surface area contributed by atoms with E-state index in [0.29, 0.717) is 21.4 Å². The standard InChI is InChI=1S/C34H40F3N7S/c1-23-24(4-5-30-28(23)16-26(19-38)44(30)15-14-43-11-3-10-33(21-43)8-2-9-33)20-42-12-6-25(7-13-42)41-31-29-17-27(18-34(35,36)37)45-32(29)40-22-39-31/h4-5,16-17,22,25H,2-3,6-15,18,20-21H2,1H3,(H,39,40,41). The van der Waals surface area contributed by atoms with Crippen LogP contribution in [0.3, 0.4) is 0 Å². The van der Waals surface area contributed by atoms with Gasteiger partial charge in [0, 0.05) is 61.1 Å². The van der Waals surface area contributed by atoms with E-state index in [4.69, 9.17) is 0 Å². The lowest BCUT2D eigenvalue weighted by Crippen LogP contribution is -2.47. The Balaban J connectivity index is 0.979. The fraction of sp³-hybridized carbons (Fsp3) is 0.559. The fourth-order valence-corrected chi connectivity index (χ4v) is 8.85.